The molecule has 1 atom stereocenters. The zero-order chi connectivity index (χ0) is 23.2. The van der Waals surface area contributed by atoms with Gasteiger partial charge in [-0.05, 0) is 30.7 Å². The number of nitrogens with two attached hydrogens (primary N) is 1. The number of imidazole rings is 1. The molecule has 14 heteroatoms. The van der Waals surface area contributed by atoms with Gasteiger partial charge in [-0.1, -0.05) is 18.2 Å². The highest BCUT2D eigenvalue weighted by Crippen LogP contribution is 2.37. The molecule has 0 unspecified atom stereocenters. The summed E-state index contributed by atoms with van der Waals surface area (Å²) in [4.78, 5) is 10.5. The van der Waals surface area contributed by atoms with Crippen molar-refractivity contribution in [2.24, 2.45) is 20.4 Å². The number of rotatable bonds is 6. The van der Waals surface area contributed by atoms with Gasteiger partial charge < -0.3 is 10.3 Å². The van der Waals surface area contributed by atoms with Gasteiger partial charge in [0.1, 0.15) is 9.79 Å². The molecule has 3 heterocycles. The molecule has 2 aromatic carbocycles. The number of sulfonamides is 2. The van der Waals surface area contributed by atoms with Gasteiger partial charge >= 0.3 is 0 Å². The van der Waals surface area contributed by atoms with Crippen LogP contribution < -0.4 is 15.2 Å². The summed E-state index contributed by atoms with van der Waals surface area (Å²) in [6.07, 6.45) is 2.09. The maximum Gasteiger partial charge on any atom is 0.242 e. The van der Waals surface area contributed by atoms with Gasteiger partial charge in [-0.25, -0.2) is 36.7 Å². The Bertz CT molecular complexity index is 1520. The van der Waals surface area contributed by atoms with Crippen LogP contribution in [0.25, 0.3) is 22.2 Å². The number of hydrogen-bond donors (Lipinski definition) is 4. The van der Waals surface area contributed by atoms with Crippen LogP contribution in [0.2, 0.25) is 0 Å². The van der Waals surface area contributed by atoms with Crippen molar-refractivity contribution in [3.8, 4) is 11.1 Å². The van der Waals surface area contributed by atoms with E-state index in [1.807, 2.05) is 6.07 Å². The number of nitrogens with one attached hydrogen (secondary N) is 3. The van der Waals surface area contributed by atoms with Crippen molar-refractivity contribution in [2.75, 3.05) is 19.8 Å². The van der Waals surface area contributed by atoms with Crippen molar-refractivity contribution in [1.29, 1.82) is 0 Å². The lowest BCUT2D eigenvalue weighted by molar-refractivity contribution is 0.555. The van der Waals surface area contributed by atoms with Crippen molar-refractivity contribution in [3.63, 3.8) is 0 Å². The predicted molar refractivity (Wildman–Crippen MR) is 121 cm³/mol. The van der Waals surface area contributed by atoms with Gasteiger partial charge in [0.2, 0.25) is 20.0 Å². The van der Waals surface area contributed by atoms with Gasteiger partial charge in [-0.2, -0.15) is 5.11 Å². The largest absolute Gasteiger partial charge is 0.345 e. The molecular weight excluding hydrogens is 468 g/mol. The molecule has 0 saturated carbocycles. The van der Waals surface area contributed by atoms with E-state index in [4.69, 9.17) is 5.14 Å². The van der Waals surface area contributed by atoms with Crippen molar-refractivity contribution in [1.82, 2.24) is 20.0 Å². The van der Waals surface area contributed by atoms with Crippen LogP contribution in [0.15, 0.2) is 61.7 Å². The standard InChI is InChI=1S/C19H20N8O4S2/c20-32(28,29)18-15(33(30,31)27-11-6-7-21-8-11)5-4-12(16(18)19-24-10-25-26-19)13-2-1-3-14-17(13)23-9-22-14/h1-5,9,11,21,27H,6-8,10H2,(H,22,23)(H2,20,28,29)/t11-/m0/s1. The highest BCUT2D eigenvalue weighted by molar-refractivity contribution is 7.92. The Labute approximate surface area is 189 Å². The van der Waals surface area contributed by atoms with Crippen molar-refractivity contribution in [3.05, 3.63) is 42.2 Å². The Kier molecular flexibility index (Phi) is 5.33. The van der Waals surface area contributed by atoms with E-state index in [9.17, 15) is 16.8 Å². The summed E-state index contributed by atoms with van der Waals surface area (Å²) in [6.45, 7) is 1.09. The van der Waals surface area contributed by atoms with E-state index in [1.165, 1.54) is 18.5 Å². The fraction of sp³-hybridized carbons (Fsp3) is 0.263. The lowest BCUT2D eigenvalue weighted by Crippen LogP contribution is -2.37. The third kappa shape index (κ3) is 3.95. The number of nitrogens with zero attached hydrogens (tertiary/aromatic N) is 4. The second-order valence-corrected chi connectivity index (χ2v) is 10.8. The summed E-state index contributed by atoms with van der Waals surface area (Å²) < 4.78 is 54.8. The zero-order valence-electron chi connectivity index (χ0n) is 17.2. The van der Waals surface area contributed by atoms with Gasteiger partial charge in [0.05, 0.1) is 22.9 Å². The van der Waals surface area contributed by atoms with Gasteiger partial charge in [0.25, 0.3) is 0 Å². The fourth-order valence-corrected chi connectivity index (χ4v) is 6.96. The average molecular weight is 489 g/mol. The number of hydrogen-bond acceptors (Lipinski definition) is 9. The summed E-state index contributed by atoms with van der Waals surface area (Å²) >= 11 is 0. The second-order valence-electron chi connectivity index (χ2n) is 7.64. The van der Waals surface area contributed by atoms with Crippen LogP contribution in [0.3, 0.4) is 0 Å². The zero-order valence-corrected chi connectivity index (χ0v) is 18.8. The van der Waals surface area contributed by atoms with Gasteiger partial charge in [-0.3, -0.25) is 0 Å². The van der Waals surface area contributed by atoms with E-state index in [1.54, 1.807) is 12.1 Å². The number of primary sulfonamides is 1. The molecule has 1 saturated heterocycles. The number of azo groups is 1. The summed E-state index contributed by atoms with van der Waals surface area (Å²) in [5.41, 5.74) is 2.20. The van der Waals surface area contributed by atoms with Crippen LogP contribution in [-0.4, -0.2) is 58.4 Å². The van der Waals surface area contributed by atoms with Crippen molar-refractivity contribution < 1.29 is 16.8 Å². The second kappa shape index (κ2) is 8.07. The molecule has 0 bridgehead atoms. The first-order valence-electron chi connectivity index (χ1n) is 10.0. The minimum Gasteiger partial charge on any atom is -0.345 e. The smallest absolute Gasteiger partial charge is 0.242 e. The van der Waals surface area contributed by atoms with E-state index >= 15 is 0 Å². The quantitative estimate of drug-likeness (QED) is 0.395. The molecule has 1 aromatic heterocycles. The summed E-state index contributed by atoms with van der Waals surface area (Å²) in [6, 6.07) is 7.73. The molecule has 0 aliphatic carbocycles. The van der Waals surface area contributed by atoms with E-state index < -0.39 is 29.8 Å². The molecule has 1 fully saturated rings. The molecule has 172 valence electrons. The molecule has 5 N–H and O–H groups in total. The van der Waals surface area contributed by atoms with Crippen LogP contribution in [0.1, 0.15) is 12.0 Å². The number of aliphatic imine (C=N–C) groups is 1. The average Bonchev–Trinajstić information content (AvgIpc) is 3.53. The number of amidine groups is 1. The molecule has 0 spiro atoms. The first-order chi connectivity index (χ1) is 15.8. The summed E-state index contributed by atoms with van der Waals surface area (Å²) in [7, 11) is -8.77. The SMILES string of the molecule is NS(=O)(=O)c1c(S(=O)(=O)N[C@H]2CCNC2)ccc(-c2cccc3[nH]cnc23)c1C1=NCN=N1. The monoisotopic (exact) mass is 488 g/mol. The highest BCUT2D eigenvalue weighted by atomic mass is 32.2. The van der Waals surface area contributed by atoms with Crippen LogP contribution in [0.4, 0.5) is 0 Å². The molecular formula is C19H20N8O4S2. The van der Waals surface area contributed by atoms with Crippen LogP contribution in [0.5, 0.6) is 0 Å². The van der Waals surface area contributed by atoms with E-state index in [2.05, 4.69) is 35.2 Å². The number of aromatic nitrogens is 2. The molecule has 0 amide bonds. The number of benzene rings is 2. The summed E-state index contributed by atoms with van der Waals surface area (Å²) in [5.74, 6) is -0.0128. The first-order valence-corrected chi connectivity index (χ1v) is 13.1. The number of aromatic amines is 1. The molecule has 2 aliphatic heterocycles. The maximum atomic E-state index is 13.3. The molecule has 0 radical (unpaired) electrons. The van der Waals surface area contributed by atoms with Gasteiger partial charge in [0, 0.05) is 18.2 Å². The van der Waals surface area contributed by atoms with Crippen LogP contribution in [-0.2, 0) is 20.0 Å². The molecule has 5 rings (SSSR count). The van der Waals surface area contributed by atoms with E-state index in [-0.39, 0.29) is 24.1 Å². The minimum atomic E-state index is -4.53. The van der Waals surface area contributed by atoms with Crippen LogP contribution in [0, 0.1) is 0 Å². The fourth-order valence-electron chi connectivity index (χ4n) is 4.08. The van der Waals surface area contributed by atoms with E-state index in [0.717, 1.165) is 5.52 Å². The number of para-hydroxylation sites is 1. The van der Waals surface area contributed by atoms with Crippen LogP contribution >= 0.6 is 0 Å². The third-order valence-electron chi connectivity index (χ3n) is 5.49. The highest BCUT2D eigenvalue weighted by Gasteiger charge is 2.34. The molecule has 2 aliphatic rings. The third-order valence-corrected chi connectivity index (χ3v) is 8.18. The lowest BCUT2D eigenvalue weighted by atomic mass is 9.97. The van der Waals surface area contributed by atoms with Crippen molar-refractivity contribution >= 4 is 36.9 Å². The predicted octanol–water partition coefficient (Wildman–Crippen LogP) is 0.687. The van der Waals surface area contributed by atoms with Gasteiger partial charge in [0.15, 0.2) is 12.5 Å². The molecule has 12 nitrogen and oxygen atoms in total. The minimum absolute atomic E-state index is 0.00555. The first kappa shape index (κ1) is 21.8. The Balaban J connectivity index is 1.81. The lowest BCUT2D eigenvalue weighted by Gasteiger charge is -2.19. The topological polar surface area (TPSA) is 184 Å². The molecule has 3 aromatic rings. The Hall–Kier alpha value is -3.04. The Morgan fingerprint density at radius 2 is 1.94 bits per heavy atom. The van der Waals surface area contributed by atoms with Gasteiger partial charge in [-0.15, -0.1) is 5.11 Å². The normalized spacial score (nSPS) is 18.8. The Morgan fingerprint density at radius 3 is 2.64 bits per heavy atom. The Morgan fingerprint density at radius 1 is 1.09 bits per heavy atom. The summed E-state index contributed by atoms with van der Waals surface area (Å²) in [5, 5.41) is 16.4. The number of fused-ring (bicyclic) bond motifs is 1. The van der Waals surface area contributed by atoms with E-state index in [0.29, 0.717) is 36.2 Å². The van der Waals surface area contributed by atoms with Crippen molar-refractivity contribution in [2.45, 2.75) is 22.3 Å². The maximum absolute atomic E-state index is 13.3. The number of H-pyrrole nitrogens is 1. The molecule has 33 heavy (non-hydrogen) atoms.